The van der Waals surface area contributed by atoms with E-state index < -0.39 is 5.97 Å². The highest BCUT2D eigenvalue weighted by Gasteiger charge is 2.00. The maximum atomic E-state index is 10.4. The number of hydrogen-bond donors (Lipinski definition) is 1. The van der Waals surface area contributed by atoms with Gasteiger partial charge in [0, 0.05) is 0 Å². The lowest BCUT2D eigenvalue weighted by atomic mass is 9.99. The Morgan fingerprint density at radius 2 is 1.79 bits per heavy atom. The number of hydrogen-bond acceptors (Lipinski definition) is 1. The normalized spacial score (nSPS) is 10.8. The Balaban J connectivity index is 2.17. The summed E-state index contributed by atoms with van der Waals surface area (Å²) in [6.45, 7) is 2.09. The molecule has 1 N–H and O–H groups in total. The van der Waals surface area contributed by atoms with Gasteiger partial charge in [0.25, 0.3) is 0 Å². The van der Waals surface area contributed by atoms with Crippen LogP contribution in [-0.2, 0) is 4.79 Å². The first kappa shape index (κ1) is 13.1. The molecule has 0 saturated heterocycles. The van der Waals surface area contributed by atoms with E-state index in [9.17, 15) is 4.79 Å². The Bertz CT molecular complexity index is 595. The van der Waals surface area contributed by atoms with Crippen LogP contribution in [0.5, 0.6) is 0 Å². The van der Waals surface area contributed by atoms with Gasteiger partial charge in [-0.25, -0.2) is 0 Å². The first-order valence-corrected chi connectivity index (χ1v) is 6.21. The number of benzene rings is 2. The Hall–Kier alpha value is -2.35. The van der Waals surface area contributed by atoms with Crippen molar-refractivity contribution in [1.82, 2.24) is 0 Å². The quantitative estimate of drug-likeness (QED) is 0.887. The highest BCUT2D eigenvalue weighted by molar-refractivity contribution is 5.71. The Labute approximate surface area is 113 Å². The predicted molar refractivity (Wildman–Crippen MR) is 77.9 cm³/mol. The van der Waals surface area contributed by atoms with Crippen LogP contribution in [0.3, 0.4) is 0 Å². The van der Waals surface area contributed by atoms with Gasteiger partial charge >= 0.3 is 5.97 Å². The molecular formula is C17H16O2. The zero-order valence-corrected chi connectivity index (χ0v) is 10.8. The van der Waals surface area contributed by atoms with Crippen LogP contribution in [-0.4, -0.2) is 11.1 Å². The smallest absolute Gasteiger partial charge is 0.307 e. The molecule has 2 aromatic rings. The van der Waals surface area contributed by atoms with E-state index in [4.69, 9.17) is 5.11 Å². The van der Waals surface area contributed by atoms with Crippen LogP contribution in [0.4, 0.5) is 0 Å². The molecule has 0 aromatic heterocycles. The van der Waals surface area contributed by atoms with Gasteiger partial charge < -0.3 is 5.11 Å². The molecule has 2 heteroatoms. The average molecular weight is 252 g/mol. The van der Waals surface area contributed by atoms with Gasteiger partial charge in [0.2, 0.25) is 0 Å². The van der Waals surface area contributed by atoms with E-state index in [2.05, 4.69) is 31.2 Å². The van der Waals surface area contributed by atoms with Crippen LogP contribution in [0.2, 0.25) is 0 Å². The molecule has 0 atom stereocenters. The molecular weight excluding hydrogens is 236 g/mol. The van der Waals surface area contributed by atoms with Crippen molar-refractivity contribution in [2.24, 2.45) is 0 Å². The van der Waals surface area contributed by atoms with Crippen molar-refractivity contribution < 1.29 is 9.90 Å². The van der Waals surface area contributed by atoms with Crippen molar-refractivity contribution in [1.29, 1.82) is 0 Å². The molecule has 0 aliphatic rings. The Kier molecular flexibility index (Phi) is 4.14. The number of aliphatic carboxylic acids is 1. The second-order valence-electron chi connectivity index (χ2n) is 4.44. The van der Waals surface area contributed by atoms with Crippen molar-refractivity contribution in [3.63, 3.8) is 0 Å². The highest BCUT2D eigenvalue weighted by atomic mass is 16.4. The maximum absolute atomic E-state index is 10.4. The second-order valence-corrected chi connectivity index (χ2v) is 4.44. The van der Waals surface area contributed by atoms with Crippen LogP contribution < -0.4 is 0 Å². The zero-order valence-electron chi connectivity index (χ0n) is 10.8. The minimum atomic E-state index is -0.812. The molecule has 2 nitrogen and oxygen atoms in total. The van der Waals surface area contributed by atoms with Crippen LogP contribution >= 0.6 is 0 Å². The van der Waals surface area contributed by atoms with Gasteiger partial charge in [0.1, 0.15) is 0 Å². The fourth-order valence-corrected chi connectivity index (χ4v) is 1.97. The fourth-order valence-electron chi connectivity index (χ4n) is 1.97. The molecule has 2 aromatic carbocycles. The first-order valence-electron chi connectivity index (χ1n) is 6.21. The summed E-state index contributed by atoms with van der Waals surface area (Å²) < 4.78 is 0. The van der Waals surface area contributed by atoms with E-state index in [0.717, 1.165) is 5.56 Å². The molecule has 0 bridgehead atoms. The van der Waals surface area contributed by atoms with Crippen LogP contribution in [0.15, 0.2) is 54.6 Å². The monoisotopic (exact) mass is 252 g/mol. The molecule has 0 radical (unpaired) electrons. The zero-order chi connectivity index (χ0) is 13.7. The topological polar surface area (TPSA) is 37.3 Å². The predicted octanol–water partition coefficient (Wildman–Crippen LogP) is 4.15. The molecule has 0 spiro atoms. The summed E-state index contributed by atoms with van der Waals surface area (Å²) in [5.74, 6) is -0.812. The van der Waals surface area contributed by atoms with E-state index in [0.29, 0.717) is 0 Å². The molecule has 2 rings (SSSR count). The van der Waals surface area contributed by atoms with Gasteiger partial charge in [-0.05, 0) is 29.2 Å². The second kappa shape index (κ2) is 6.01. The third kappa shape index (κ3) is 3.55. The average Bonchev–Trinajstić information content (AvgIpc) is 2.40. The number of carboxylic acid groups (broad SMARTS) is 1. The van der Waals surface area contributed by atoms with Gasteiger partial charge in [-0.15, -0.1) is 0 Å². The lowest BCUT2D eigenvalue weighted by molar-refractivity contribution is -0.135. The number of rotatable bonds is 4. The van der Waals surface area contributed by atoms with E-state index in [-0.39, 0.29) is 6.42 Å². The maximum Gasteiger partial charge on any atom is 0.307 e. The summed E-state index contributed by atoms with van der Waals surface area (Å²) in [5, 5.41) is 8.56. The summed E-state index contributed by atoms with van der Waals surface area (Å²) in [6.07, 6.45) is 3.54. The minimum Gasteiger partial charge on any atom is -0.481 e. The van der Waals surface area contributed by atoms with Crippen molar-refractivity contribution in [2.45, 2.75) is 13.3 Å². The third-order valence-corrected chi connectivity index (χ3v) is 2.97. The van der Waals surface area contributed by atoms with E-state index in [1.165, 1.54) is 16.7 Å². The molecule has 0 saturated carbocycles. The minimum absolute atomic E-state index is 0.0551. The van der Waals surface area contributed by atoms with E-state index in [1.807, 2.05) is 30.3 Å². The number of carboxylic acids is 1. The molecule has 0 unspecified atom stereocenters. The van der Waals surface area contributed by atoms with Crippen LogP contribution in [0.25, 0.3) is 17.2 Å². The Morgan fingerprint density at radius 1 is 1.11 bits per heavy atom. The van der Waals surface area contributed by atoms with E-state index in [1.54, 1.807) is 6.08 Å². The van der Waals surface area contributed by atoms with Crippen molar-refractivity contribution in [3.8, 4) is 11.1 Å². The molecule has 0 aliphatic heterocycles. The summed E-state index contributed by atoms with van der Waals surface area (Å²) in [7, 11) is 0. The SMILES string of the molecule is Cc1ccccc1-c1ccc(/C=C/CC(=O)O)cc1. The van der Waals surface area contributed by atoms with Crippen molar-refractivity contribution in [2.75, 3.05) is 0 Å². The highest BCUT2D eigenvalue weighted by Crippen LogP contribution is 2.23. The lowest BCUT2D eigenvalue weighted by Gasteiger charge is -2.05. The summed E-state index contributed by atoms with van der Waals surface area (Å²) in [6, 6.07) is 16.4. The molecule has 0 aliphatic carbocycles. The molecule has 96 valence electrons. The van der Waals surface area contributed by atoms with Gasteiger partial charge in [-0.1, -0.05) is 60.7 Å². The first-order chi connectivity index (χ1) is 9.16. The lowest BCUT2D eigenvalue weighted by Crippen LogP contribution is -1.89. The molecule has 19 heavy (non-hydrogen) atoms. The molecule has 0 amide bonds. The molecule has 0 fully saturated rings. The standard InChI is InChI=1S/C17H16O2/c1-13-5-2-3-7-16(13)15-11-9-14(10-12-15)6-4-8-17(18)19/h2-7,9-12H,8H2,1H3,(H,18,19)/b6-4+. The third-order valence-electron chi connectivity index (χ3n) is 2.97. The van der Waals surface area contributed by atoms with Crippen LogP contribution in [0, 0.1) is 6.92 Å². The number of carbonyl (C=O) groups is 1. The van der Waals surface area contributed by atoms with Gasteiger partial charge in [0.15, 0.2) is 0 Å². The van der Waals surface area contributed by atoms with Crippen molar-refractivity contribution >= 4 is 12.0 Å². The molecule has 0 heterocycles. The number of aryl methyl sites for hydroxylation is 1. The fraction of sp³-hybridized carbons (Fsp3) is 0.118. The van der Waals surface area contributed by atoms with Gasteiger partial charge in [-0.3, -0.25) is 4.79 Å². The van der Waals surface area contributed by atoms with Gasteiger partial charge in [0.05, 0.1) is 6.42 Å². The van der Waals surface area contributed by atoms with Gasteiger partial charge in [-0.2, -0.15) is 0 Å². The largest absolute Gasteiger partial charge is 0.481 e. The van der Waals surface area contributed by atoms with E-state index >= 15 is 0 Å². The summed E-state index contributed by atoms with van der Waals surface area (Å²) in [4.78, 5) is 10.4. The summed E-state index contributed by atoms with van der Waals surface area (Å²) >= 11 is 0. The Morgan fingerprint density at radius 3 is 2.42 bits per heavy atom. The van der Waals surface area contributed by atoms with Crippen LogP contribution in [0.1, 0.15) is 17.5 Å². The van der Waals surface area contributed by atoms with Crippen molar-refractivity contribution in [3.05, 3.63) is 65.7 Å². The summed E-state index contributed by atoms with van der Waals surface area (Å²) in [5.41, 5.74) is 4.66.